The van der Waals surface area contributed by atoms with Crippen molar-refractivity contribution < 1.29 is 46.0 Å². The van der Waals surface area contributed by atoms with Crippen molar-refractivity contribution in [1.29, 1.82) is 0 Å². The van der Waals surface area contributed by atoms with Crippen molar-refractivity contribution in [2.45, 2.75) is 105 Å². The van der Waals surface area contributed by atoms with E-state index >= 15 is 0 Å². The Morgan fingerprint density at radius 2 is 1.42 bits per heavy atom. The Balaban J connectivity index is 1.74. The molecule has 1 atom stereocenters. The second-order valence-corrected chi connectivity index (χ2v) is 17.3. The average molecular weight is 757 g/mol. The topological polar surface area (TPSA) is 204 Å². The fourth-order valence-electron chi connectivity index (χ4n) is 5.14. The highest BCUT2D eigenvalue weighted by atomic mass is 32.2. The molecule has 1 aliphatic rings. The number of ether oxygens (including phenoxy) is 3. The number of hydrogen-bond donors (Lipinski definition) is 1. The third kappa shape index (κ3) is 12.1. The molecule has 2 aromatic heterocycles. The highest BCUT2D eigenvalue weighted by Crippen LogP contribution is 2.35. The van der Waals surface area contributed by atoms with Crippen LogP contribution in [0.3, 0.4) is 0 Å². The monoisotopic (exact) mass is 756 g/mol. The lowest BCUT2D eigenvalue weighted by Crippen LogP contribution is -2.44. The first kappa shape index (κ1) is 40.9. The van der Waals surface area contributed by atoms with Crippen molar-refractivity contribution in [2.24, 2.45) is 5.92 Å². The summed E-state index contributed by atoms with van der Waals surface area (Å²) in [6.45, 7) is 15.5. The molecule has 0 aliphatic heterocycles. The number of carbonyl (C=O) groups excluding carboxylic acids is 3. The number of allylic oxidation sites excluding steroid dienone is 2. The van der Waals surface area contributed by atoms with Gasteiger partial charge in [0, 0.05) is 19.2 Å². The first-order valence-corrected chi connectivity index (χ1v) is 18.6. The first-order valence-electron chi connectivity index (χ1n) is 17.0. The van der Waals surface area contributed by atoms with Gasteiger partial charge in [-0.25, -0.2) is 24.4 Å². The second-order valence-electron chi connectivity index (χ2n) is 15.8. The number of rotatable bonds is 8. The van der Waals surface area contributed by atoms with Gasteiger partial charge in [0.2, 0.25) is 5.89 Å². The van der Waals surface area contributed by atoms with Crippen LogP contribution in [0.5, 0.6) is 0 Å². The summed E-state index contributed by atoms with van der Waals surface area (Å²) in [7, 11) is -2.51. The van der Waals surface area contributed by atoms with Crippen LogP contribution < -0.4 is 4.90 Å². The summed E-state index contributed by atoms with van der Waals surface area (Å²) in [4.78, 5) is 51.0. The molecular formula is C36H48N6O10S. The second kappa shape index (κ2) is 15.6. The molecule has 0 fully saturated rings. The van der Waals surface area contributed by atoms with Gasteiger partial charge in [-0.3, -0.25) is 4.55 Å². The van der Waals surface area contributed by atoms with Gasteiger partial charge < -0.3 is 23.5 Å². The Kier molecular flexibility index (Phi) is 12.0. The summed E-state index contributed by atoms with van der Waals surface area (Å²) in [5, 5.41) is 8.41. The molecule has 1 unspecified atom stereocenters. The van der Waals surface area contributed by atoms with Crippen LogP contribution in [0, 0.1) is 5.92 Å². The minimum Gasteiger partial charge on any atom is -0.444 e. The fourth-order valence-corrected chi connectivity index (χ4v) is 6.04. The maximum Gasteiger partial charge on any atom is 0.425 e. The Hall–Kier alpha value is -4.90. The van der Waals surface area contributed by atoms with Crippen molar-refractivity contribution in [3.8, 4) is 23.0 Å². The summed E-state index contributed by atoms with van der Waals surface area (Å²) in [5.74, 6) is -1.00. The van der Waals surface area contributed by atoms with Gasteiger partial charge in [0.25, 0.3) is 16.0 Å². The Morgan fingerprint density at radius 3 is 1.92 bits per heavy atom. The molecule has 2 heterocycles. The normalized spacial score (nSPS) is 15.3. The number of anilines is 1. The van der Waals surface area contributed by atoms with Crippen LogP contribution >= 0.6 is 0 Å². The molecule has 0 radical (unpaired) electrons. The number of hydrogen-bond acceptors (Lipinski definition) is 13. The van der Waals surface area contributed by atoms with Gasteiger partial charge in [0.1, 0.15) is 16.8 Å². The van der Waals surface area contributed by atoms with Gasteiger partial charge in [0.05, 0.1) is 17.6 Å². The number of amides is 3. The van der Waals surface area contributed by atoms with E-state index in [0.29, 0.717) is 35.4 Å². The number of benzene rings is 1. The molecule has 1 N–H and O–H groups in total. The molecule has 16 nitrogen and oxygen atoms in total. The van der Waals surface area contributed by atoms with Gasteiger partial charge in [0.15, 0.2) is 11.5 Å². The molecule has 0 saturated carbocycles. The van der Waals surface area contributed by atoms with Crippen LogP contribution in [0.2, 0.25) is 0 Å². The molecule has 3 aromatic rings. The van der Waals surface area contributed by atoms with E-state index in [1.54, 1.807) is 93.6 Å². The molecular weight excluding hydrogens is 708 g/mol. The zero-order chi connectivity index (χ0) is 39.5. The van der Waals surface area contributed by atoms with Gasteiger partial charge in [-0.15, -0.1) is 10.2 Å². The van der Waals surface area contributed by atoms with E-state index in [2.05, 4.69) is 15.2 Å². The minimum absolute atomic E-state index is 0.0937. The highest BCUT2D eigenvalue weighted by Gasteiger charge is 2.37. The lowest BCUT2D eigenvalue weighted by atomic mass is 9.89. The van der Waals surface area contributed by atoms with Crippen LogP contribution in [-0.4, -0.2) is 85.9 Å². The largest absolute Gasteiger partial charge is 0.444 e. The van der Waals surface area contributed by atoms with Crippen molar-refractivity contribution >= 4 is 39.8 Å². The predicted octanol–water partition coefficient (Wildman–Crippen LogP) is 7.31. The molecule has 3 amide bonds. The van der Waals surface area contributed by atoms with Crippen molar-refractivity contribution in [1.82, 2.24) is 25.1 Å². The predicted molar refractivity (Wildman–Crippen MR) is 195 cm³/mol. The average Bonchev–Trinajstić information content (AvgIpc) is 3.49. The zero-order valence-corrected chi connectivity index (χ0v) is 32.6. The molecule has 1 aromatic carbocycles. The maximum absolute atomic E-state index is 13.6. The van der Waals surface area contributed by atoms with E-state index in [-0.39, 0.29) is 41.5 Å². The Bertz CT molecular complexity index is 1930. The van der Waals surface area contributed by atoms with Crippen LogP contribution in [0.1, 0.15) is 92.8 Å². The lowest BCUT2D eigenvalue weighted by molar-refractivity contribution is 0.0283. The maximum atomic E-state index is 13.6. The molecule has 0 saturated heterocycles. The Morgan fingerprint density at radius 1 is 0.868 bits per heavy atom. The molecule has 4 rings (SSSR count). The molecule has 53 heavy (non-hydrogen) atoms. The van der Waals surface area contributed by atoms with E-state index in [0.717, 1.165) is 11.1 Å². The van der Waals surface area contributed by atoms with Gasteiger partial charge in [-0.1, -0.05) is 18.2 Å². The summed E-state index contributed by atoms with van der Waals surface area (Å²) in [6, 6.07) is 7.07. The van der Waals surface area contributed by atoms with E-state index in [9.17, 15) is 27.4 Å². The van der Waals surface area contributed by atoms with Gasteiger partial charge >= 0.3 is 18.3 Å². The summed E-state index contributed by atoms with van der Waals surface area (Å²) in [5.41, 5.74) is -0.307. The van der Waals surface area contributed by atoms with Gasteiger partial charge in [-0.2, -0.15) is 13.3 Å². The van der Waals surface area contributed by atoms with Crippen molar-refractivity contribution in [3.63, 3.8) is 0 Å². The summed E-state index contributed by atoms with van der Waals surface area (Å²) < 4.78 is 54.9. The lowest BCUT2D eigenvalue weighted by Gasteiger charge is -2.28. The summed E-state index contributed by atoms with van der Waals surface area (Å²) >= 11 is 0. The highest BCUT2D eigenvalue weighted by molar-refractivity contribution is 7.85. The number of nitrogens with zero attached hydrogens (tertiary/aromatic N) is 6. The molecule has 0 bridgehead atoms. The SMILES string of the molecule is CN(Cc1ccc(-c2nnc(-c3nc(C4=CCC(CS(=O)(=O)O)CC4)cnc3N(C(=O)OC(C)(C)C)C(=O)OC(C)(C)C)o2)cc1)C(=O)OC(C)(C)C. The first-order chi connectivity index (χ1) is 24.4. The third-order valence-electron chi connectivity index (χ3n) is 7.37. The molecule has 0 spiro atoms. The molecule has 17 heteroatoms. The van der Waals surface area contributed by atoms with Crippen LogP contribution in [0.4, 0.5) is 20.2 Å². The van der Waals surface area contributed by atoms with Crippen LogP contribution in [0.25, 0.3) is 28.6 Å². The van der Waals surface area contributed by atoms with Crippen molar-refractivity contribution in [3.05, 3.63) is 47.8 Å². The molecule has 1 aliphatic carbocycles. The van der Waals surface area contributed by atoms with Crippen LogP contribution in [-0.2, 0) is 30.9 Å². The third-order valence-corrected chi connectivity index (χ3v) is 8.26. The zero-order valence-electron chi connectivity index (χ0n) is 31.8. The summed E-state index contributed by atoms with van der Waals surface area (Å²) in [6.07, 6.45) is 1.81. The quantitative estimate of drug-likeness (QED) is 0.177. The number of imide groups is 1. The number of aromatic nitrogens is 4. The van der Waals surface area contributed by atoms with Crippen LogP contribution in [0.15, 0.2) is 41.0 Å². The minimum atomic E-state index is -4.14. The van der Waals surface area contributed by atoms with E-state index in [1.165, 1.54) is 11.1 Å². The Labute approximate surface area is 309 Å². The molecule has 288 valence electrons. The van der Waals surface area contributed by atoms with E-state index < -0.39 is 45.2 Å². The van der Waals surface area contributed by atoms with E-state index in [4.69, 9.17) is 23.6 Å². The van der Waals surface area contributed by atoms with Crippen molar-refractivity contribution in [2.75, 3.05) is 17.7 Å². The van der Waals surface area contributed by atoms with Gasteiger partial charge in [-0.05, 0) is 111 Å². The fraction of sp³-hybridized carbons (Fsp3) is 0.528. The van der Waals surface area contributed by atoms with E-state index in [1.807, 2.05) is 6.08 Å². The number of carbonyl (C=O) groups is 3. The standard InChI is InChI=1S/C36H48N6O10S/c1-34(2,3)50-31(43)41(10)20-22-11-17-25(18-12-22)29-39-40-30(49-29)27-28(42(32(44)51-35(4,5)6)33(45)52-36(7,8)9)37-19-26(38-27)24-15-13-23(14-16-24)21-53(46,47)48/h11-12,15,17-19,23H,13-14,16,20-21H2,1-10H3,(H,46,47,48). The smallest absolute Gasteiger partial charge is 0.425 e.